The molecule has 2 nitrogen and oxygen atoms in total. The van der Waals surface area contributed by atoms with E-state index in [0.717, 1.165) is 18.6 Å². The van der Waals surface area contributed by atoms with E-state index in [1.54, 1.807) is 7.11 Å². The van der Waals surface area contributed by atoms with Crippen molar-refractivity contribution >= 4 is 0 Å². The summed E-state index contributed by atoms with van der Waals surface area (Å²) < 4.78 is 5.16. The van der Waals surface area contributed by atoms with Crippen LogP contribution in [-0.4, -0.2) is 18.3 Å². The van der Waals surface area contributed by atoms with E-state index in [1.807, 2.05) is 26.0 Å². The van der Waals surface area contributed by atoms with Gasteiger partial charge in [0, 0.05) is 0 Å². The fraction of sp³-hybridized carbons (Fsp3) is 0.571. The Morgan fingerprint density at radius 1 is 1.31 bits per heavy atom. The molecule has 0 bridgehead atoms. The minimum Gasteiger partial charge on any atom is -0.497 e. The summed E-state index contributed by atoms with van der Waals surface area (Å²) in [5.41, 5.74) is 2.52. The van der Waals surface area contributed by atoms with Gasteiger partial charge >= 0.3 is 0 Å². The Kier molecular flexibility index (Phi) is 4.81. The number of ether oxygens (including phenoxy) is 1. The second-order valence-corrected chi connectivity index (χ2v) is 4.64. The number of hydrogen-bond acceptors (Lipinski definition) is 2. The molecule has 16 heavy (non-hydrogen) atoms. The second kappa shape index (κ2) is 5.90. The van der Waals surface area contributed by atoms with Gasteiger partial charge in [0.2, 0.25) is 0 Å². The van der Waals surface area contributed by atoms with Crippen LogP contribution in [0.1, 0.15) is 31.4 Å². The lowest BCUT2D eigenvalue weighted by atomic mass is 9.97. The van der Waals surface area contributed by atoms with Gasteiger partial charge in [0.25, 0.3) is 0 Å². The molecular weight excluding hydrogens is 200 g/mol. The molecule has 2 heteroatoms. The number of rotatable bonds is 5. The predicted octanol–water partition coefficient (Wildman–Crippen LogP) is 2.95. The van der Waals surface area contributed by atoms with Gasteiger partial charge in [-0.1, -0.05) is 19.9 Å². The van der Waals surface area contributed by atoms with Crippen LogP contribution < -0.4 is 4.74 Å². The van der Waals surface area contributed by atoms with Crippen LogP contribution in [0.25, 0.3) is 0 Å². The van der Waals surface area contributed by atoms with E-state index in [-0.39, 0.29) is 6.10 Å². The molecule has 1 unspecified atom stereocenters. The molecule has 0 aliphatic carbocycles. The van der Waals surface area contributed by atoms with Crippen molar-refractivity contribution in [2.75, 3.05) is 7.11 Å². The molecule has 0 heterocycles. The molecule has 0 aliphatic rings. The molecule has 0 radical (unpaired) electrons. The van der Waals surface area contributed by atoms with E-state index in [1.165, 1.54) is 11.1 Å². The normalized spacial score (nSPS) is 12.9. The van der Waals surface area contributed by atoms with Crippen molar-refractivity contribution in [3.63, 3.8) is 0 Å². The van der Waals surface area contributed by atoms with Crippen molar-refractivity contribution in [1.82, 2.24) is 0 Å². The molecule has 1 atom stereocenters. The van der Waals surface area contributed by atoms with E-state index < -0.39 is 0 Å². The maximum atomic E-state index is 9.75. The van der Waals surface area contributed by atoms with E-state index in [9.17, 15) is 5.11 Å². The minimum absolute atomic E-state index is 0.207. The largest absolute Gasteiger partial charge is 0.497 e. The summed E-state index contributed by atoms with van der Waals surface area (Å²) in [6.07, 6.45) is 1.54. The topological polar surface area (TPSA) is 29.5 Å². The van der Waals surface area contributed by atoms with Gasteiger partial charge in [-0.3, -0.25) is 0 Å². The second-order valence-electron chi connectivity index (χ2n) is 4.64. The fourth-order valence-electron chi connectivity index (χ4n) is 1.71. The fourth-order valence-corrected chi connectivity index (χ4v) is 1.71. The quantitative estimate of drug-likeness (QED) is 0.830. The van der Waals surface area contributed by atoms with Crippen molar-refractivity contribution in [3.8, 4) is 5.75 Å². The first-order chi connectivity index (χ1) is 7.54. The number of aliphatic hydroxyl groups is 1. The Hall–Kier alpha value is -1.02. The van der Waals surface area contributed by atoms with Crippen molar-refractivity contribution in [1.29, 1.82) is 0 Å². The highest BCUT2D eigenvalue weighted by Gasteiger charge is 2.10. The lowest BCUT2D eigenvalue weighted by Gasteiger charge is -2.15. The number of benzene rings is 1. The molecular formula is C14H22O2. The SMILES string of the molecule is COc1ccc(CCC(O)C(C)C)c(C)c1. The van der Waals surface area contributed by atoms with E-state index in [0.29, 0.717) is 5.92 Å². The van der Waals surface area contributed by atoms with Gasteiger partial charge in [0.05, 0.1) is 13.2 Å². The van der Waals surface area contributed by atoms with Crippen LogP contribution in [0.15, 0.2) is 18.2 Å². The summed E-state index contributed by atoms with van der Waals surface area (Å²) in [7, 11) is 1.68. The monoisotopic (exact) mass is 222 g/mol. The summed E-state index contributed by atoms with van der Waals surface area (Å²) in [4.78, 5) is 0. The first-order valence-electron chi connectivity index (χ1n) is 5.86. The van der Waals surface area contributed by atoms with Crippen molar-refractivity contribution in [3.05, 3.63) is 29.3 Å². The third kappa shape index (κ3) is 3.53. The van der Waals surface area contributed by atoms with Crippen LogP contribution in [0.5, 0.6) is 5.75 Å². The van der Waals surface area contributed by atoms with E-state index >= 15 is 0 Å². The lowest BCUT2D eigenvalue weighted by Crippen LogP contribution is -2.15. The number of aryl methyl sites for hydroxylation is 2. The Labute approximate surface area is 98.3 Å². The van der Waals surface area contributed by atoms with Crippen LogP contribution in [0.2, 0.25) is 0 Å². The smallest absolute Gasteiger partial charge is 0.119 e. The summed E-state index contributed by atoms with van der Waals surface area (Å²) >= 11 is 0. The highest BCUT2D eigenvalue weighted by atomic mass is 16.5. The molecule has 0 aliphatic heterocycles. The molecule has 0 fully saturated rings. The van der Waals surface area contributed by atoms with Crippen LogP contribution in [-0.2, 0) is 6.42 Å². The predicted molar refractivity (Wildman–Crippen MR) is 66.9 cm³/mol. The summed E-state index contributed by atoms with van der Waals surface area (Å²) in [5.74, 6) is 1.23. The van der Waals surface area contributed by atoms with Gasteiger partial charge < -0.3 is 9.84 Å². The number of methoxy groups -OCH3 is 1. The van der Waals surface area contributed by atoms with Crippen LogP contribution in [0.4, 0.5) is 0 Å². The molecule has 0 aromatic heterocycles. The number of aliphatic hydroxyl groups excluding tert-OH is 1. The third-order valence-corrected chi connectivity index (χ3v) is 3.03. The molecule has 0 saturated heterocycles. The van der Waals surface area contributed by atoms with Crippen LogP contribution in [0, 0.1) is 12.8 Å². The first kappa shape index (κ1) is 13.0. The molecule has 0 amide bonds. The molecule has 90 valence electrons. The third-order valence-electron chi connectivity index (χ3n) is 3.03. The lowest BCUT2D eigenvalue weighted by molar-refractivity contribution is 0.116. The highest BCUT2D eigenvalue weighted by molar-refractivity contribution is 5.34. The molecule has 0 spiro atoms. The maximum Gasteiger partial charge on any atom is 0.119 e. The Balaban J connectivity index is 2.61. The molecule has 1 aromatic carbocycles. The van der Waals surface area contributed by atoms with Crippen LogP contribution >= 0.6 is 0 Å². The Bertz CT molecular complexity index is 332. The molecule has 1 N–H and O–H groups in total. The Morgan fingerprint density at radius 3 is 2.50 bits per heavy atom. The van der Waals surface area contributed by atoms with Crippen molar-refractivity contribution in [2.24, 2.45) is 5.92 Å². The highest BCUT2D eigenvalue weighted by Crippen LogP contribution is 2.19. The van der Waals surface area contributed by atoms with E-state index in [4.69, 9.17) is 4.74 Å². The average molecular weight is 222 g/mol. The first-order valence-corrected chi connectivity index (χ1v) is 5.86. The maximum absolute atomic E-state index is 9.75. The van der Waals surface area contributed by atoms with Gasteiger partial charge in [-0.15, -0.1) is 0 Å². The van der Waals surface area contributed by atoms with Gasteiger partial charge in [-0.2, -0.15) is 0 Å². The number of hydrogen-bond donors (Lipinski definition) is 1. The summed E-state index contributed by atoms with van der Waals surface area (Å²) in [6.45, 7) is 6.18. The Morgan fingerprint density at radius 2 is 2.00 bits per heavy atom. The minimum atomic E-state index is -0.207. The molecule has 0 saturated carbocycles. The molecule has 1 rings (SSSR count). The van der Waals surface area contributed by atoms with E-state index in [2.05, 4.69) is 13.0 Å². The van der Waals surface area contributed by atoms with Crippen LogP contribution in [0.3, 0.4) is 0 Å². The summed E-state index contributed by atoms with van der Waals surface area (Å²) in [6, 6.07) is 6.10. The van der Waals surface area contributed by atoms with Gasteiger partial charge in [-0.25, -0.2) is 0 Å². The van der Waals surface area contributed by atoms with Gasteiger partial charge in [0.1, 0.15) is 5.75 Å². The zero-order chi connectivity index (χ0) is 12.1. The van der Waals surface area contributed by atoms with Gasteiger partial charge in [0.15, 0.2) is 0 Å². The zero-order valence-corrected chi connectivity index (χ0v) is 10.7. The summed E-state index contributed by atoms with van der Waals surface area (Å²) in [5, 5.41) is 9.75. The zero-order valence-electron chi connectivity index (χ0n) is 10.7. The van der Waals surface area contributed by atoms with Crippen molar-refractivity contribution in [2.45, 2.75) is 39.7 Å². The molecule has 1 aromatic rings. The van der Waals surface area contributed by atoms with Crippen molar-refractivity contribution < 1.29 is 9.84 Å². The average Bonchev–Trinajstić information content (AvgIpc) is 2.26. The standard InChI is InChI=1S/C14H22O2/c1-10(2)14(15)8-6-12-5-7-13(16-4)9-11(12)3/h5,7,9-10,14-15H,6,8H2,1-4H3. The van der Waals surface area contributed by atoms with Gasteiger partial charge in [-0.05, 0) is 48.9 Å².